The first-order valence-electron chi connectivity index (χ1n) is 12.9. The number of anilines is 1. The molecule has 3 N–H and O–H groups in total. The number of aromatic amines is 1. The number of hydrogen-bond donors (Lipinski definition) is 2. The number of imidazole rings is 1. The summed E-state index contributed by atoms with van der Waals surface area (Å²) in [5.74, 6) is 1.32. The van der Waals surface area contributed by atoms with Gasteiger partial charge < -0.3 is 19.8 Å². The van der Waals surface area contributed by atoms with Crippen molar-refractivity contribution in [3.8, 4) is 28.1 Å². The highest BCUT2D eigenvalue weighted by Crippen LogP contribution is 2.60. The van der Waals surface area contributed by atoms with Gasteiger partial charge in [0.05, 0.1) is 35.2 Å². The van der Waals surface area contributed by atoms with Crippen molar-refractivity contribution < 1.29 is 17.7 Å². The first-order chi connectivity index (χ1) is 20.2. The van der Waals surface area contributed by atoms with Gasteiger partial charge in [-0.25, -0.2) is 9.67 Å². The molecule has 0 spiro atoms. The van der Waals surface area contributed by atoms with Gasteiger partial charge in [-0.3, -0.25) is 4.79 Å². The highest BCUT2D eigenvalue weighted by molar-refractivity contribution is 6.31. The third-order valence-electron chi connectivity index (χ3n) is 7.99. The van der Waals surface area contributed by atoms with Gasteiger partial charge in [-0.05, 0) is 54.3 Å². The van der Waals surface area contributed by atoms with E-state index in [1.807, 2.05) is 24.3 Å². The van der Waals surface area contributed by atoms with Crippen LogP contribution in [0.5, 0.6) is 0 Å². The Kier molecular flexibility index (Phi) is 5.06. The van der Waals surface area contributed by atoms with E-state index in [9.17, 15) is 18.0 Å². The predicted octanol–water partition coefficient (Wildman–Crippen LogP) is 5.59. The van der Waals surface area contributed by atoms with E-state index in [2.05, 4.69) is 25.4 Å². The lowest BCUT2D eigenvalue weighted by atomic mass is 10.0. The predicted molar refractivity (Wildman–Crippen MR) is 146 cm³/mol. The van der Waals surface area contributed by atoms with Crippen LogP contribution in [0.15, 0.2) is 70.2 Å². The molecular formula is C28H18ClF3N8O2. The molecule has 1 aliphatic heterocycles. The lowest BCUT2D eigenvalue weighted by Crippen LogP contribution is -2.26. The summed E-state index contributed by atoms with van der Waals surface area (Å²) < 4.78 is 47.6. The molecule has 2 aliphatic rings. The van der Waals surface area contributed by atoms with Gasteiger partial charge in [-0.15, -0.1) is 5.10 Å². The van der Waals surface area contributed by atoms with Gasteiger partial charge in [0, 0.05) is 33.8 Å². The molecule has 1 aliphatic carbocycles. The Balaban J connectivity index is 1.18. The molecular weight excluding hydrogens is 573 g/mol. The van der Waals surface area contributed by atoms with Crippen LogP contribution in [0.2, 0.25) is 5.02 Å². The molecule has 3 atom stereocenters. The summed E-state index contributed by atoms with van der Waals surface area (Å²) in [6, 6.07) is 13.3. The van der Waals surface area contributed by atoms with E-state index in [1.54, 1.807) is 29.0 Å². The Labute approximate surface area is 238 Å². The maximum atomic E-state index is 13.6. The van der Waals surface area contributed by atoms with Gasteiger partial charge in [0.25, 0.3) is 5.56 Å². The van der Waals surface area contributed by atoms with E-state index >= 15 is 0 Å². The highest BCUT2D eigenvalue weighted by atomic mass is 35.5. The number of alkyl halides is 3. The van der Waals surface area contributed by atoms with Crippen molar-refractivity contribution in [3.05, 3.63) is 93.5 Å². The molecule has 0 bridgehead atoms. The summed E-state index contributed by atoms with van der Waals surface area (Å²) in [6.45, 7) is 0. The van der Waals surface area contributed by atoms with Crippen molar-refractivity contribution in [2.24, 2.45) is 5.92 Å². The average Bonchev–Trinajstić information content (AvgIpc) is 3.37. The SMILES string of the molecule is Nc1noc2cc(-c3cnc(C4C5CC5c5cc(-c6cc(Cl)ccc6-n6cc(C(F)(F)F)nn6)cc(=O)n54)[nH]3)ccc12. The Hall–Kier alpha value is -4.91. The second-order valence-electron chi connectivity index (χ2n) is 10.5. The Morgan fingerprint density at radius 1 is 1.10 bits per heavy atom. The van der Waals surface area contributed by atoms with Crippen LogP contribution in [0.4, 0.5) is 19.0 Å². The molecule has 1 saturated carbocycles. The van der Waals surface area contributed by atoms with Crippen molar-refractivity contribution in [2.45, 2.75) is 24.6 Å². The first-order valence-corrected chi connectivity index (χ1v) is 13.3. The maximum Gasteiger partial charge on any atom is 0.436 e. The van der Waals surface area contributed by atoms with E-state index in [4.69, 9.17) is 21.9 Å². The number of nitrogens with zero attached hydrogens (tertiary/aromatic N) is 6. The lowest BCUT2D eigenvalue weighted by Gasteiger charge is -2.18. The average molecular weight is 591 g/mol. The van der Waals surface area contributed by atoms with Crippen LogP contribution in [0.3, 0.4) is 0 Å². The number of H-pyrrole nitrogens is 1. The molecule has 10 nitrogen and oxygen atoms in total. The van der Waals surface area contributed by atoms with Crippen LogP contribution in [0.25, 0.3) is 39.0 Å². The molecule has 2 aromatic carbocycles. The fourth-order valence-electron chi connectivity index (χ4n) is 5.97. The molecule has 8 rings (SSSR count). The van der Waals surface area contributed by atoms with Crippen LogP contribution < -0.4 is 11.3 Å². The number of nitrogens with two attached hydrogens (primary N) is 1. The number of fused-ring (bicyclic) bond motifs is 4. The lowest BCUT2D eigenvalue weighted by molar-refractivity contribution is -0.141. The van der Waals surface area contributed by atoms with E-state index in [1.165, 1.54) is 6.07 Å². The number of aromatic nitrogens is 7. The zero-order chi connectivity index (χ0) is 28.9. The fraction of sp³-hybridized carbons (Fsp3) is 0.179. The van der Waals surface area contributed by atoms with Crippen LogP contribution in [0.1, 0.15) is 35.6 Å². The minimum Gasteiger partial charge on any atom is -0.380 e. The number of pyridine rings is 1. The molecule has 42 heavy (non-hydrogen) atoms. The molecule has 210 valence electrons. The second kappa shape index (κ2) is 8.55. The summed E-state index contributed by atoms with van der Waals surface area (Å²) in [5.41, 5.74) is 8.74. The molecule has 4 aromatic heterocycles. The van der Waals surface area contributed by atoms with Crippen molar-refractivity contribution >= 4 is 28.4 Å². The van der Waals surface area contributed by atoms with Crippen LogP contribution in [0, 0.1) is 5.92 Å². The molecule has 3 unspecified atom stereocenters. The van der Waals surface area contributed by atoms with Gasteiger partial charge in [0.2, 0.25) is 0 Å². The minimum absolute atomic E-state index is 0.149. The molecule has 5 heterocycles. The largest absolute Gasteiger partial charge is 0.436 e. The smallest absolute Gasteiger partial charge is 0.380 e. The highest BCUT2D eigenvalue weighted by Gasteiger charge is 2.54. The summed E-state index contributed by atoms with van der Waals surface area (Å²) in [4.78, 5) is 21.6. The van der Waals surface area contributed by atoms with E-state index in [0.717, 1.165) is 39.6 Å². The van der Waals surface area contributed by atoms with E-state index < -0.39 is 11.9 Å². The molecule has 1 fully saturated rings. The summed E-state index contributed by atoms with van der Waals surface area (Å²) in [6.07, 6.45) is -1.23. The molecule has 6 aromatic rings. The summed E-state index contributed by atoms with van der Waals surface area (Å²) in [5, 5.41) is 11.8. The number of benzene rings is 2. The first kappa shape index (κ1) is 24.9. The van der Waals surface area contributed by atoms with Crippen LogP contribution in [-0.2, 0) is 6.18 Å². The molecule has 0 saturated heterocycles. The van der Waals surface area contributed by atoms with Crippen molar-refractivity contribution in [3.63, 3.8) is 0 Å². The van der Waals surface area contributed by atoms with Crippen molar-refractivity contribution in [2.75, 3.05) is 5.73 Å². The monoisotopic (exact) mass is 590 g/mol. The van der Waals surface area contributed by atoms with E-state index in [0.29, 0.717) is 39.1 Å². The normalized spacial score (nSPS) is 19.3. The zero-order valence-electron chi connectivity index (χ0n) is 21.3. The van der Waals surface area contributed by atoms with Gasteiger partial charge in [0.1, 0.15) is 5.82 Å². The number of rotatable bonds is 4. The van der Waals surface area contributed by atoms with Gasteiger partial charge in [0.15, 0.2) is 17.1 Å². The van der Waals surface area contributed by atoms with Gasteiger partial charge in [-0.1, -0.05) is 28.0 Å². The number of nitrogens with one attached hydrogen (secondary N) is 1. The minimum atomic E-state index is -4.64. The second-order valence-corrected chi connectivity index (χ2v) is 10.9. The van der Waals surface area contributed by atoms with Crippen LogP contribution >= 0.6 is 11.6 Å². The van der Waals surface area contributed by atoms with Gasteiger partial charge in [-0.2, -0.15) is 13.2 Å². The third-order valence-corrected chi connectivity index (χ3v) is 8.22. The van der Waals surface area contributed by atoms with Crippen LogP contribution in [-0.4, -0.2) is 34.7 Å². The number of halogens is 4. The fourth-order valence-corrected chi connectivity index (χ4v) is 6.14. The molecule has 0 amide bonds. The number of hydrogen-bond acceptors (Lipinski definition) is 7. The molecule has 0 radical (unpaired) electrons. The maximum absolute atomic E-state index is 13.6. The van der Waals surface area contributed by atoms with Gasteiger partial charge >= 0.3 is 6.18 Å². The third kappa shape index (κ3) is 3.76. The topological polar surface area (TPSA) is 133 Å². The van der Waals surface area contributed by atoms with Crippen molar-refractivity contribution in [1.29, 1.82) is 0 Å². The summed E-state index contributed by atoms with van der Waals surface area (Å²) in [7, 11) is 0. The quantitative estimate of drug-likeness (QED) is 0.273. The zero-order valence-corrected chi connectivity index (χ0v) is 22.1. The Morgan fingerprint density at radius 2 is 1.95 bits per heavy atom. The Bertz CT molecular complexity index is 2110. The Morgan fingerprint density at radius 3 is 2.76 bits per heavy atom. The standard InChI is InChI=1S/C28H18ClF3N8O2/c29-14-2-4-20(39-11-23(36-38-39)28(30,31)32)16(8-14)13-5-21-17-9-18(17)25(40(21)24(41)7-13)27-34-10-19(35-27)12-1-3-15-22(6-12)42-37-26(15)33/h1-8,10-11,17-18,25H,9H2,(H2,33,37)(H,34,35). The summed E-state index contributed by atoms with van der Waals surface area (Å²) >= 11 is 6.28. The molecule has 14 heteroatoms. The van der Waals surface area contributed by atoms with E-state index in [-0.39, 0.29) is 23.4 Å². The van der Waals surface area contributed by atoms with Crippen molar-refractivity contribution in [1.82, 2.24) is 34.7 Å². The number of nitrogen functional groups attached to an aromatic ring is 1.